The van der Waals surface area contributed by atoms with E-state index in [-0.39, 0.29) is 31.9 Å². The molecule has 0 aliphatic carbocycles. The normalized spacial score (nSPS) is 11.6. The van der Waals surface area contributed by atoms with Gasteiger partial charge in [-0.25, -0.2) is 4.39 Å². The van der Waals surface area contributed by atoms with Gasteiger partial charge in [0.05, 0.1) is 13.2 Å². The van der Waals surface area contributed by atoms with Crippen LogP contribution in [0.1, 0.15) is 12.0 Å². The number of hydrogen-bond acceptors (Lipinski definition) is 3. The van der Waals surface area contributed by atoms with Crippen LogP contribution in [0.2, 0.25) is 0 Å². The summed E-state index contributed by atoms with van der Waals surface area (Å²) in [5.41, 5.74) is 5.98. The Hall–Kier alpha value is -1.34. The molecule has 0 fully saturated rings. The van der Waals surface area contributed by atoms with E-state index in [1.165, 1.54) is 12.1 Å². The molecule has 0 saturated carbocycles. The standard InChI is InChI=1S/C12H15F4NO2/c13-10-6-9(7-17)2-3-11(10)19-5-1-4-18-8-12(14,15)16/h2-3,6H,1,4-5,7-8,17H2. The molecule has 1 rings (SSSR count). The van der Waals surface area contributed by atoms with Crippen LogP contribution in [0, 0.1) is 5.82 Å². The summed E-state index contributed by atoms with van der Waals surface area (Å²) in [7, 11) is 0. The van der Waals surface area contributed by atoms with Crippen LogP contribution < -0.4 is 10.5 Å². The number of nitrogens with two attached hydrogens (primary N) is 1. The van der Waals surface area contributed by atoms with Gasteiger partial charge in [0, 0.05) is 13.0 Å². The van der Waals surface area contributed by atoms with E-state index in [1.54, 1.807) is 6.07 Å². The van der Waals surface area contributed by atoms with Gasteiger partial charge in [0.1, 0.15) is 6.61 Å². The molecule has 0 amide bonds. The molecule has 7 heteroatoms. The maximum Gasteiger partial charge on any atom is 0.411 e. The quantitative estimate of drug-likeness (QED) is 0.617. The number of alkyl halides is 3. The second kappa shape index (κ2) is 7.30. The molecule has 0 atom stereocenters. The van der Waals surface area contributed by atoms with Crippen molar-refractivity contribution in [1.29, 1.82) is 0 Å². The molecular formula is C12H15F4NO2. The maximum atomic E-state index is 13.4. The Morgan fingerprint density at radius 2 is 1.89 bits per heavy atom. The first-order valence-electron chi connectivity index (χ1n) is 5.68. The molecule has 108 valence electrons. The average Bonchev–Trinajstić information content (AvgIpc) is 2.33. The Labute approximate surface area is 108 Å². The molecule has 1 aromatic carbocycles. The van der Waals surface area contributed by atoms with Crippen LogP contribution in [0.3, 0.4) is 0 Å². The van der Waals surface area contributed by atoms with Gasteiger partial charge in [-0.05, 0) is 17.7 Å². The summed E-state index contributed by atoms with van der Waals surface area (Å²) in [4.78, 5) is 0. The van der Waals surface area contributed by atoms with Crippen LogP contribution in [0.15, 0.2) is 18.2 Å². The van der Waals surface area contributed by atoms with Crippen molar-refractivity contribution in [3.8, 4) is 5.75 Å². The van der Waals surface area contributed by atoms with Gasteiger partial charge in [-0.3, -0.25) is 0 Å². The fraction of sp³-hybridized carbons (Fsp3) is 0.500. The summed E-state index contributed by atoms with van der Waals surface area (Å²) >= 11 is 0. The highest BCUT2D eigenvalue weighted by Gasteiger charge is 2.27. The summed E-state index contributed by atoms with van der Waals surface area (Å²) < 4.78 is 58.1. The summed E-state index contributed by atoms with van der Waals surface area (Å²) in [6.45, 7) is -1.08. The molecule has 3 nitrogen and oxygen atoms in total. The van der Waals surface area contributed by atoms with Crippen LogP contribution >= 0.6 is 0 Å². The number of halogens is 4. The lowest BCUT2D eigenvalue weighted by Crippen LogP contribution is -2.18. The van der Waals surface area contributed by atoms with Crippen LogP contribution in [-0.4, -0.2) is 26.0 Å². The molecule has 0 unspecified atom stereocenters. The smallest absolute Gasteiger partial charge is 0.411 e. The van der Waals surface area contributed by atoms with E-state index in [1.807, 2.05) is 0 Å². The lowest BCUT2D eigenvalue weighted by Gasteiger charge is -2.09. The minimum absolute atomic E-state index is 0.0491. The Bertz CT molecular complexity index is 396. The van der Waals surface area contributed by atoms with Crippen LogP contribution in [0.5, 0.6) is 5.75 Å². The van der Waals surface area contributed by atoms with E-state index in [4.69, 9.17) is 10.5 Å². The van der Waals surface area contributed by atoms with Gasteiger partial charge < -0.3 is 15.2 Å². The van der Waals surface area contributed by atoms with Crippen LogP contribution in [-0.2, 0) is 11.3 Å². The first-order valence-corrected chi connectivity index (χ1v) is 5.68. The summed E-state index contributed by atoms with van der Waals surface area (Å²) in [6.07, 6.45) is -4.08. The Morgan fingerprint density at radius 1 is 1.16 bits per heavy atom. The van der Waals surface area contributed by atoms with Crippen molar-refractivity contribution >= 4 is 0 Å². The molecular weight excluding hydrogens is 266 g/mol. The second-order valence-corrected chi connectivity index (χ2v) is 3.84. The van der Waals surface area contributed by atoms with Crippen molar-refractivity contribution in [3.63, 3.8) is 0 Å². The van der Waals surface area contributed by atoms with E-state index < -0.39 is 18.6 Å². The molecule has 0 aromatic heterocycles. The molecule has 0 heterocycles. The lowest BCUT2D eigenvalue weighted by atomic mass is 10.2. The van der Waals surface area contributed by atoms with Gasteiger partial charge >= 0.3 is 6.18 Å². The molecule has 0 bridgehead atoms. The zero-order chi connectivity index (χ0) is 14.3. The molecule has 0 aliphatic rings. The first-order chi connectivity index (χ1) is 8.92. The van der Waals surface area contributed by atoms with Crippen molar-refractivity contribution in [2.45, 2.75) is 19.1 Å². The minimum atomic E-state index is -4.33. The van der Waals surface area contributed by atoms with E-state index in [0.29, 0.717) is 5.56 Å². The topological polar surface area (TPSA) is 44.5 Å². The Morgan fingerprint density at radius 3 is 2.47 bits per heavy atom. The summed E-state index contributed by atoms with van der Waals surface area (Å²) in [6, 6.07) is 4.32. The van der Waals surface area contributed by atoms with Crippen molar-refractivity contribution in [1.82, 2.24) is 0 Å². The third kappa shape index (κ3) is 6.40. The molecule has 19 heavy (non-hydrogen) atoms. The van der Waals surface area contributed by atoms with Gasteiger partial charge in [-0.15, -0.1) is 0 Å². The molecule has 0 radical (unpaired) electrons. The van der Waals surface area contributed by atoms with E-state index >= 15 is 0 Å². The third-order valence-corrected chi connectivity index (χ3v) is 2.19. The van der Waals surface area contributed by atoms with Gasteiger partial charge in [0.15, 0.2) is 11.6 Å². The molecule has 0 spiro atoms. The van der Waals surface area contributed by atoms with E-state index in [9.17, 15) is 17.6 Å². The van der Waals surface area contributed by atoms with Crippen molar-refractivity contribution < 1.29 is 27.0 Å². The van der Waals surface area contributed by atoms with Crippen molar-refractivity contribution in [2.75, 3.05) is 19.8 Å². The van der Waals surface area contributed by atoms with Crippen LogP contribution in [0.4, 0.5) is 17.6 Å². The van der Waals surface area contributed by atoms with Gasteiger partial charge in [0.25, 0.3) is 0 Å². The zero-order valence-electron chi connectivity index (χ0n) is 10.2. The Balaban J connectivity index is 2.23. The number of rotatable bonds is 7. The number of hydrogen-bond donors (Lipinski definition) is 1. The van der Waals surface area contributed by atoms with Crippen molar-refractivity contribution in [2.24, 2.45) is 5.73 Å². The highest BCUT2D eigenvalue weighted by molar-refractivity contribution is 5.29. The lowest BCUT2D eigenvalue weighted by molar-refractivity contribution is -0.174. The number of ether oxygens (including phenoxy) is 2. The second-order valence-electron chi connectivity index (χ2n) is 3.84. The van der Waals surface area contributed by atoms with Gasteiger partial charge in [0.2, 0.25) is 0 Å². The predicted molar refractivity (Wildman–Crippen MR) is 61.3 cm³/mol. The maximum absolute atomic E-state index is 13.4. The summed E-state index contributed by atoms with van der Waals surface area (Å²) in [5.74, 6) is -0.493. The zero-order valence-corrected chi connectivity index (χ0v) is 10.2. The fourth-order valence-electron chi connectivity index (χ4n) is 1.32. The van der Waals surface area contributed by atoms with Gasteiger partial charge in [-0.2, -0.15) is 13.2 Å². The monoisotopic (exact) mass is 281 g/mol. The van der Waals surface area contributed by atoms with E-state index in [2.05, 4.69) is 4.74 Å². The third-order valence-electron chi connectivity index (χ3n) is 2.19. The molecule has 1 aromatic rings. The van der Waals surface area contributed by atoms with Gasteiger partial charge in [-0.1, -0.05) is 6.07 Å². The van der Waals surface area contributed by atoms with Crippen LogP contribution in [0.25, 0.3) is 0 Å². The first kappa shape index (κ1) is 15.7. The highest BCUT2D eigenvalue weighted by atomic mass is 19.4. The molecule has 2 N–H and O–H groups in total. The average molecular weight is 281 g/mol. The SMILES string of the molecule is NCc1ccc(OCCCOCC(F)(F)F)c(F)c1. The predicted octanol–water partition coefficient (Wildman–Crippen LogP) is 2.63. The summed E-state index contributed by atoms with van der Waals surface area (Å²) in [5, 5.41) is 0. The fourth-order valence-corrected chi connectivity index (χ4v) is 1.32. The largest absolute Gasteiger partial charge is 0.490 e. The number of benzene rings is 1. The Kier molecular flexibility index (Phi) is 6.04. The molecule has 0 saturated heterocycles. The van der Waals surface area contributed by atoms with Crippen molar-refractivity contribution in [3.05, 3.63) is 29.6 Å². The minimum Gasteiger partial charge on any atom is -0.490 e. The molecule has 0 aliphatic heterocycles. The highest BCUT2D eigenvalue weighted by Crippen LogP contribution is 2.18. The van der Waals surface area contributed by atoms with E-state index in [0.717, 1.165) is 0 Å².